The highest BCUT2D eigenvalue weighted by Gasteiger charge is 2.31. The van der Waals surface area contributed by atoms with Crippen LogP contribution in [0.15, 0.2) is 18.2 Å². The monoisotopic (exact) mass is 278 g/mol. The molecule has 0 spiro atoms. The minimum Gasteiger partial charge on any atom is -0.370 e. The van der Waals surface area contributed by atoms with Gasteiger partial charge < -0.3 is 10.2 Å². The van der Waals surface area contributed by atoms with Crippen molar-refractivity contribution in [2.45, 2.75) is 40.0 Å². The summed E-state index contributed by atoms with van der Waals surface area (Å²) in [7, 11) is 0. The maximum absolute atomic E-state index is 13.5. The van der Waals surface area contributed by atoms with Gasteiger partial charge in [0.25, 0.3) is 0 Å². The molecule has 1 N–H and O–H groups in total. The number of benzene rings is 1. The second kappa shape index (κ2) is 6.57. The molecule has 0 aliphatic carbocycles. The fourth-order valence-corrected chi connectivity index (χ4v) is 3.16. The molecule has 0 amide bonds. The van der Waals surface area contributed by atoms with Gasteiger partial charge in [-0.1, -0.05) is 26.8 Å². The van der Waals surface area contributed by atoms with Crippen molar-refractivity contribution in [2.24, 2.45) is 5.41 Å². The Kier molecular flexibility index (Phi) is 5.03. The minimum atomic E-state index is -0.124. The first-order valence-electron chi connectivity index (χ1n) is 7.88. The van der Waals surface area contributed by atoms with Crippen LogP contribution in [0.2, 0.25) is 0 Å². The number of hydrogen-bond acceptors (Lipinski definition) is 2. The van der Waals surface area contributed by atoms with Gasteiger partial charge in [0.05, 0.1) is 0 Å². The molecule has 0 saturated heterocycles. The number of anilines is 1. The molecule has 0 unspecified atom stereocenters. The number of nitrogens with one attached hydrogen (secondary N) is 1. The van der Waals surface area contributed by atoms with E-state index in [0.717, 1.165) is 51.1 Å². The first kappa shape index (κ1) is 15.3. The summed E-state index contributed by atoms with van der Waals surface area (Å²) < 4.78 is 13.5. The Bertz CT molecular complexity index is 441. The van der Waals surface area contributed by atoms with Crippen LogP contribution in [0, 0.1) is 11.2 Å². The van der Waals surface area contributed by atoms with Crippen LogP contribution >= 0.6 is 0 Å². The van der Waals surface area contributed by atoms with Gasteiger partial charge in [-0.2, -0.15) is 0 Å². The number of hydrogen-bond donors (Lipinski definition) is 1. The Morgan fingerprint density at radius 3 is 2.65 bits per heavy atom. The first-order chi connectivity index (χ1) is 9.64. The zero-order valence-corrected chi connectivity index (χ0v) is 13.0. The largest absolute Gasteiger partial charge is 0.370 e. The van der Waals surface area contributed by atoms with Crippen molar-refractivity contribution in [2.75, 3.05) is 31.1 Å². The summed E-state index contributed by atoms with van der Waals surface area (Å²) >= 11 is 0. The molecule has 1 aliphatic rings. The molecule has 1 aromatic rings. The van der Waals surface area contributed by atoms with Crippen molar-refractivity contribution in [3.8, 4) is 0 Å². The zero-order valence-electron chi connectivity index (χ0n) is 13.0. The van der Waals surface area contributed by atoms with Crippen LogP contribution in [-0.2, 0) is 6.42 Å². The third kappa shape index (κ3) is 3.14. The van der Waals surface area contributed by atoms with Crippen molar-refractivity contribution in [1.29, 1.82) is 0 Å². The van der Waals surface area contributed by atoms with Crippen LogP contribution in [0.1, 0.15) is 39.2 Å². The Morgan fingerprint density at radius 1 is 1.25 bits per heavy atom. The average molecular weight is 278 g/mol. The van der Waals surface area contributed by atoms with E-state index in [2.05, 4.69) is 31.0 Å². The third-order valence-electron chi connectivity index (χ3n) is 4.82. The number of rotatable bonds is 7. The van der Waals surface area contributed by atoms with Crippen LogP contribution in [0.4, 0.5) is 10.1 Å². The quantitative estimate of drug-likeness (QED) is 0.819. The molecule has 0 bridgehead atoms. The number of fused-ring (bicyclic) bond motifs is 1. The van der Waals surface area contributed by atoms with Gasteiger partial charge in [-0.3, -0.25) is 0 Å². The van der Waals surface area contributed by atoms with E-state index in [1.165, 1.54) is 5.56 Å². The maximum Gasteiger partial charge on any atom is 0.125 e. The topological polar surface area (TPSA) is 15.3 Å². The standard InChI is InChI=1S/C17H27FN2/c1-4-17(5-2,12-19-6-3)13-20-10-9-14-7-8-15(18)11-16(14)20/h7-8,11,19H,4-6,9-10,12-13H2,1-3H3. The lowest BCUT2D eigenvalue weighted by Crippen LogP contribution is -2.43. The summed E-state index contributed by atoms with van der Waals surface area (Å²) in [5.41, 5.74) is 2.67. The Balaban J connectivity index is 2.15. The van der Waals surface area contributed by atoms with Crippen LogP contribution in [-0.4, -0.2) is 26.2 Å². The summed E-state index contributed by atoms with van der Waals surface area (Å²) in [6.45, 7) is 10.8. The van der Waals surface area contributed by atoms with Gasteiger partial charge in [-0.25, -0.2) is 4.39 Å². The van der Waals surface area contributed by atoms with Crippen LogP contribution < -0.4 is 10.2 Å². The molecular formula is C17H27FN2. The second-order valence-electron chi connectivity index (χ2n) is 5.93. The van der Waals surface area contributed by atoms with E-state index in [1.807, 2.05) is 6.07 Å². The molecule has 1 aliphatic heterocycles. The van der Waals surface area contributed by atoms with Gasteiger partial charge in [0, 0.05) is 25.3 Å². The number of halogens is 1. The molecular weight excluding hydrogens is 251 g/mol. The van der Waals surface area contributed by atoms with E-state index < -0.39 is 0 Å². The Morgan fingerprint density at radius 2 is 2.00 bits per heavy atom. The van der Waals surface area contributed by atoms with Gasteiger partial charge in [-0.15, -0.1) is 0 Å². The molecule has 1 heterocycles. The first-order valence-corrected chi connectivity index (χ1v) is 7.88. The lowest BCUT2D eigenvalue weighted by molar-refractivity contribution is 0.255. The second-order valence-corrected chi connectivity index (χ2v) is 5.93. The lowest BCUT2D eigenvalue weighted by atomic mass is 9.81. The van der Waals surface area contributed by atoms with Crippen LogP contribution in [0.3, 0.4) is 0 Å². The van der Waals surface area contributed by atoms with E-state index in [0.29, 0.717) is 0 Å². The predicted octanol–water partition coefficient (Wildman–Crippen LogP) is 3.60. The fourth-order valence-electron chi connectivity index (χ4n) is 3.16. The summed E-state index contributed by atoms with van der Waals surface area (Å²) in [5, 5.41) is 3.50. The maximum atomic E-state index is 13.5. The van der Waals surface area contributed by atoms with Crippen LogP contribution in [0.5, 0.6) is 0 Å². The van der Waals surface area contributed by atoms with E-state index in [1.54, 1.807) is 12.1 Å². The molecule has 20 heavy (non-hydrogen) atoms. The highest BCUT2D eigenvalue weighted by Crippen LogP contribution is 2.34. The van der Waals surface area contributed by atoms with Gasteiger partial charge in [0.1, 0.15) is 5.82 Å². The molecule has 112 valence electrons. The summed E-state index contributed by atoms with van der Waals surface area (Å²) in [5.74, 6) is -0.124. The third-order valence-corrected chi connectivity index (χ3v) is 4.82. The highest BCUT2D eigenvalue weighted by molar-refractivity contribution is 5.58. The van der Waals surface area contributed by atoms with E-state index in [-0.39, 0.29) is 11.2 Å². The smallest absolute Gasteiger partial charge is 0.125 e. The van der Waals surface area contributed by atoms with Crippen molar-refractivity contribution in [1.82, 2.24) is 5.32 Å². The van der Waals surface area contributed by atoms with Crippen LogP contribution in [0.25, 0.3) is 0 Å². The summed E-state index contributed by atoms with van der Waals surface area (Å²) in [6, 6.07) is 5.22. The van der Waals surface area contributed by atoms with Crippen molar-refractivity contribution in [3.05, 3.63) is 29.6 Å². The minimum absolute atomic E-state index is 0.124. The lowest BCUT2D eigenvalue weighted by Gasteiger charge is -2.37. The van der Waals surface area contributed by atoms with Crippen molar-refractivity contribution < 1.29 is 4.39 Å². The van der Waals surface area contributed by atoms with Gasteiger partial charge in [-0.05, 0) is 48.9 Å². The highest BCUT2D eigenvalue weighted by atomic mass is 19.1. The molecule has 1 aromatic carbocycles. The molecule has 0 aromatic heterocycles. The summed E-state index contributed by atoms with van der Waals surface area (Å²) in [4.78, 5) is 2.38. The molecule has 3 heteroatoms. The Labute approximate surface area is 122 Å². The SMILES string of the molecule is CCNCC(CC)(CC)CN1CCc2ccc(F)cc21. The molecule has 0 radical (unpaired) electrons. The van der Waals surface area contributed by atoms with Gasteiger partial charge in [0.15, 0.2) is 0 Å². The fraction of sp³-hybridized carbons (Fsp3) is 0.647. The van der Waals surface area contributed by atoms with Gasteiger partial charge in [0.2, 0.25) is 0 Å². The van der Waals surface area contributed by atoms with E-state index >= 15 is 0 Å². The average Bonchev–Trinajstić information content (AvgIpc) is 2.85. The molecule has 2 nitrogen and oxygen atoms in total. The summed E-state index contributed by atoms with van der Waals surface area (Å²) in [6.07, 6.45) is 3.34. The van der Waals surface area contributed by atoms with Crippen molar-refractivity contribution >= 4 is 5.69 Å². The Hall–Kier alpha value is -1.09. The normalized spacial score (nSPS) is 14.7. The van der Waals surface area contributed by atoms with Crippen molar-refractivity contribution in [3.63, 3.8) is 0 Å². The number of nitrogens with zero attached hydrogens (tertiary/aromatic N) is 1. The predicted molar refractivity (Wildman–Crippen MR) is 83.9 cm³/mol. The zero-order chi connectivity index (χ0) is 14.6. The van der Waals surface area contributed by atoms with Gasteiger partial charge >= 0.3 is 0 Å². The van der Waals surface area contributed by atoms with E-state index in [4.69, 9.17) is 0 Å². The molecule has 0 atom stereocenters. The van der Waals surface area contributed by atoms with E-state index in [9.17, 15) is 4.39 Å². The molecule has 0 fully saturated rings. The molecule has 0 saturated carbocycles. The molecule has 2 rings (SSSR count).